The van der Waals surface area contributed by atoms with Crippen LogP contribution in [0.25, 0.3) is 0 Å². The van der Waals surface area contributed by atoms with Crippen LogP contribution in [0.15, 0.2) is 24.3 Å². The van der Waals surface area contributed by atoms with Crippen LogP contribution in [0.1, 0.15) is 32.6 Å². The number of rotatable bonds is 3. The Balaban J connectivity index is 1.80. The van der Waals surface area contributed by atoms with Gasteiger partial charge in [0.1, 0.15) is 0 Å². The standard InChI is InChI=1S/C14H21N3O/c1-14(8-2-3-9-14)10-16-13(18)17-12-6-4-11(15)5-7-12/h4-7H,2-3,8-10,15H2,1H3,(H2,16,17,18). The third-order valence-corrected chi connectivity index (χ3v) is 3.65. The van der Waals surface area contributed by atoms with Gasteiger partial charge in [-0.1, -0.05) is 19.8 Å². The van der Waals surface area contributed by atoms with Crippen LogP contribution < -0.4 is 16.4 Å². The topological polar surface area (TPSA) is 67.2 Å². The molecular weight excluding hydrogens is 226 g/mol. The number of urea groups is 1. The number of hydrogen-bond donors (Lipinski definition) is 3. The average molecular weight is 247 g/mol. The van der Waals surface area contributed by atoms with E-state index in [-0.39, 0.29) is 11.4 Å². The lowest BCUT2D eigenvalue weighted by molar-refractivity contribution is 0.242. The van der Waals surface area contributed by atoms with Crippen LogP contribution in [0.4, 0.5) is 16.2 Å². The van der Waals surface area contributed by atoms with E-state index in [1.54, 1.807) is 24.3 Å². The third kappa shape index (κ3) is 3.39. The predicted molar refractivity (Wildman–Crippen MR) is 74.5 cm³/mol. The summed E-state index contributed by atoms with van der Waals surface area (Å²) < 4.78 is 0. The van der Waals surface area contributed by atoms with Gasteiger partial charge in [-0.3, -0.25) is 0 Å². The van der Waals surface area contributed by atoms with Crippen molar-refractivity contribution < 1.29 is 4.79 Å². The van der Waals surface area contributed by atoms with Crippen molar-refractivity contribution in [3.63, 3.8) is 0 Å². The van der Waals surface area contributed by atoms with Crippen LogP contribution >= 0.6 is 0 Å². The first-order chi connectivity index (χ1) is 8.57. The molecule has 1 aliphatic carbocycles. The van der Waals surface area contributed by atoms with Crippen molar-refractivity contribution in [1.29, 1.82) is 0 Å². The molecule has 4 heteroatoms. The van der Waals surface area contributed by atoms with Crippen molar-refractivity contribution in [2.24, 2.45) is 5.41 Å². The highest BCUT2D eigenvalue weighted by Crippen LogP contribution is 2.36. The zero-order valence-electron chi connectivity index (χ0n) is 10.8. The van der Waals surface area contributed by atoms with Gasteiger partial charge in [0.15, 0.2) is 0 Å². The van der Waals surface area contributed by atoms with Crippen molar-refractivity contribution in [1.82, 2.24) is 5.32 Å². The fourth-order valence-corrected chi connectivity index (χ4v) is 2.44. The molecule has 0 aromatic heterocycles. The summed E-state index contributed by atoms with van der Waals surface area (Å²) in [5, 5.41) is 5.75. The smallest absolute Gasteiger partial charge is 0.319 e. The molecule has 1 aromatic rings. The molecule has 1 aromatic carbocycles. The Bertz CT molecular complexity index is 408. The van der Waals surface area contributed by atoms with Gasteiger partial charge < -0.3 is 16.4 Å². The molecule has 0 radical (unpaired) electrons. The van der Waals surface area contributed by atoms with Crippen molar-refractivity contribution in [3.8, 4) is 0 Å². The Morgan fingerprint density at radius 3 is 2.50 bits per heavy atom. The number of carbonyl (C=O) groups excluding carboxylic acids is 1. The van der Waals surface area contributed by atoms with Crippen LogP contribution in [-0.2, 0) is 0 Å². The van der Waals surface area contributed by atoms with Gasteiger partial charge in [-0.2, -0.15) is 0 Å². The van der Waals surface area contributed by atoms with Gasteiger partial charge in [0, 0.05) is 17.9 Å². The second-order valence-electron chi connectivity index (χ2n) is 5.45. The molecule has 1 fully saturated rings. The SMILES string of the molecule is CC1(CNC(=O)Nc2ccc(N)cc2)CCCC1. The highest BCUT2D eigenvalue weighted by molar-refractivity contribution is 5.89. The summed E-state index contributed by atoms with van der Waals surface area (Å²) in [5.74, 6) is 0. The molecule has 0 spiro atoms. The Morgan fingerprint density at radius 2 is 1.89 bits per heavy atom. The number of nitrogens with two attached hydrogens (primary N) is 1. The molecule has 2 amide bonds. The van der Waals surface area contributed by atoms with Gasteiger partial charge in [-0.25, -0.2) is 4.79 Å². The molecule has 1 aliphatic rings. The van der Waals surface area contributed by atoms with Crippen molar-refractivity contribution in [2.45, 2.75) is 32.6 Å². The van der Waals surface area contributed by atoms with E-state index in [4.69, 9.17) is 5.73 Å². The van der Waals surface area contributed by atoms with Crippen molar-refractivity contribution >= 4 is 17.4 Å². The van der Waals surface area contributed by atoms with Gasteiger partial charge >= 0.3 is 6.03 Å². The van der Waals surface area contributed by atoms with E-state index in [0.717, 1.165) is 12.2 Å². The molecule has 1 saturated carbocycles. The minimum absolute atomic E-state index is 0.145. The highest BCUT2D eigenvalue weighted by Gasteiger charge is 2.28. The Morgan fingerprint density at radius 1 is 1.28 bits per heavy atom. The lowest BCUT2D eigenvalue weighted by Gasteiger charge is -2.23. The maximum absolute atomic E-state index is 11.7. The van der Waals surface area contributed by atoms with E-state index in [2.05, 4.69) is 17.6 Å². The predicted octanol–water partition coefficient (Wildman–Crippen LogP) is 2.97. The number of anilines is 2. The Kier molecular flexibility index (Phi) is 3.75. The van der Waals surface area contributed by atoms with Crippen molar-refractivity contribution in [2.75, 3.05) is 17.6 Å². The van der Waals surface area contributed by atoms with Gasteiger partial charge in [0.05, 0.1) is 0 Å². The molecule has 4 nitrogen and oxygen atoms in total. The summed E-state index contributed by atoms with van der Waals surface area (Å²) in [6.45, 7) is 2.98. The first kappa shape index (κ1) is 12.7. The average Bonchev–Trinajstić information content (AvgIpc) is 2.78. The zero-order chi connectivity index (χ0) is 13.0. The molecule has 0 atom stereocenters. The minimum Gasteiger partial charge on any atom is -0.399 e. The molecule has 0 saturated heterocycles. The van der Waals surface area contributed by atoms with Crippen LogP contribution in [0, 0.1) is 5.41 Å². The summed E-state index contributed by atoms with van der Waals surface area (Å²) in [6, 6.07) is 6.99. The number of nitrogens with one attached hydrogen (secondary N) is 2. The second kappa shape index (κ2) is 5.29. The zero-order valence-corrected chi connectivity index (χ0v) is 10.8. The normalized spacial score (nSPS) is 17.4. The number of nitrogen functional groups attached to an aromatic ring is 1. The largest absolute Gasteiger partial charge is 0.399 e. The molecule has 0 aliphatic heterocycles. The lowest BCUT2D eigenvalue weighted by atomic mass is 9.89. The van der Waals surface area contributed by atoms with E-state index in [1.165, 1.54) is 25.7 Å². The van der Waals surface area contributed by atoms with Gasteiger partial charge in [-0.15, -0.1) is 0 Å². The highest BCUT2D eigenvalue weighted by atomic mass is 16.2. The number of amides is 2. The molecule has 18 heavy (non-hydrogen) atoms. The van der Waals surface area contributed by atoms with Crippen LogP contribution in [-0.4, -0.2) is 12.6 Å². The second-order valence-corrected chi connectivity index (χ2v) is 5.45. The van der Waals surface area contributed by atoms with E-state index in [0.29, 0.717) is 5.69 Å². The number of benzene rings is 1. The summed E-state index contributed by atoms with van der Waals surface area (Å²) >= 11 is 0. The molecule has 0 bridgehead atoms. The van der Waals surface area contributed by atoms with Gasteiger partial charge in [0.25, 0.3) is 0 Å². The first-order valence-electron chi connectivity index (χ1n) is 6.48. The number of carbonyl (C=O) groups is 1. The summed E-state index contributed by atoms with van der Waals surface area (Å²) in [7, 11) is 0. The fourth-order valence-electron chi connectivity index (χ4n) is 2.44. The summed E-state index contributed by atoms with van der Waals surface area (Å²) in [5.41, 5.74) is 7.32. The molecule has 4 N–H and O–H groups in total. The molecule has 2 rings (SSSR count). The number of hydrogen-bond acceptors (Lipinski definition) is 2. The van der Waals surface area contributed by atoms with Crippen molar-refractivity contribution in [3.05, 3.63) is 24.3 Å². The monoisotopic (exact) mass is 247 g/mol. The van der Waals surface area contributed by atoms with Crippen LogP contribution in [0.5, 0.6) is 0 Å². The van der Waals surface area contributed by atoms with Crippen LogP contribution in [0.3, 0.4) is 0 Å². The van der Waals surface area contributed by atoms with Gasteiger partial charge in [0.2, 0.25) is 0 Å². The summed E-state index contributed by atoms with van der Waals surface area (Å²) in [6.07, 6.45) is 4.96. The van der Waals surface area contributed by atoms with E-state index in [1.807, 2.05) is 0 Å². The third-order valence-electron chi connectivity index (χ3n) is 3.65. The molecular formula is C14H21N3O. The molecule has 0 heterocycles. The lowest BCUT2D eigenvalue weighted by Crippen LogP contribution is -2.36. The van der Waals surface area contributed by atoms with E-state index in [9.17, 15) is 4.79 Å². The first-order valence-corrected chi connectivity index (χ1v) is 6.48. The Labute approximate surface area is 108 Å². The maximum Gasteiger partial charge on any atom is 0.319 e. The van der Waals surface area contributed by atoms with Crippen LogP contribution in [0.2, 0.25) is 0 Å². The quantitative estimate of drug-likeness (QED) is 0.719. The molecule has 98 valence electrons. The van der Waals surface area contributed by atoms with E-state index < -0.39 is 0 Å². The van der Waals surface area contributed by atoms with Gasteiger partial charge in [-0.05, 0) is 42.5 Å². The minimum atomic E-state index is -0.145. The molecule has 0 unspecified atom stereocenters. The van der Waals surface area contributed by atoms with E-state index >= 15 is 0 Å². The summed E-state index contributed by atoms with van der Waals surface area (Å²) in [4.78, 5) is 11.7. The Hall–Kier alpha value is -1.71. The maximum atomic E-state index is 11.7. The fraction of sp³-hybridized carbons (Fsp3) is 0.500.